The lowest BCUT2D eigenvalue weighted by molar-refractivity contribution is 0.0927. The predicted octanol–water partition coefficient (Wildman–Crippen LogP) is 1.16. The Morgan fingerprint density at radius 1 is 1.67 bits per heavy atom. The van der Waals surface area contributed by atoms with Crippen molar-refractivity contribution in [2.24, 2.45) is 0 Å². The van der Waals surface area contributed by atoms with Gasteiger partial charge in [-0.3, -0.25) is 0 Å². The number of nitrogens with zero attached hydrogens (tertiary/aromatic N) is 2. The van der Waals surface area contributed by atoms with Crippen molar-refractivity contribution in [1.82, 2.24) is 9.97 Å². The summed E-state index contributed by atoms with van der Waals surface area (Å²) in [4.78, 5) is 8.12. The first-order valence-electron chi connectivity index (χ1n) is 3.89. The van der Waals surface area contributed by atoms with Crippen molar-refractivity contribution in [3.63, 3.8) is 0 Å². The molecule has 1 heterocycles. The molecular weight excluding hydrogens is 154 g/mol. The minimum atomic E-state index is -0.0477. The summed E-state index contributed by atoms with van der Waals surface area (Å²) in [5.41, 5.74) is 5.50. The highest BCUT2D eigenvalue weighted by Crippen LogP contribution is 2.15. The van der Waals surface area contributed by atoms with Crippen molar-refractivity contribution in [3.05, 3.63) is 18.1 Å². The molecule has 0 aliphatic rings. The normalized spacial score (nSPS) is 12.8. The first-order chi connectivity index (χ1) is 5.77. The molecule has 4 nitrogen and oxygen atoms in total. The summed E-state index contributed by atoms with van der Waals surface area (Å²) in [6, 6.07) is 1.66. The first kappa shape index (κ1) is 8.93. The Bertz CT molecular complexity index is 248. The van der Waals surface area contributed by atoms with Crippen molar-refractivity contribution in [3.8, 4) is 0 Å². The van der Waals surface area contributed by atoms with E-state index in [4.69, 9.17) is 10.5 Å². The maximum Gasteiger partial charge on any atom is 0.159 e. The minimum absolute atomic E-state index is 0.0477. The molecule has 0 fully saturated rings. The molecule has 1 aromatic rings. The number of hydrogen-bond donors (Lipinski definition) is 1. The molecule has 0 aliphatic carbocycles. The van der Waals surface area contributed by atoms with Crippen molar-refractivity contribution in [2.45, 2.75) is 19.4 Å². The van der Waals surface area contributed by atoms with Crippen LogP contribution in [0.4, 0.5) is 5.82 Å². The summed E-state index contributed by atoms with van der Waals surface area (Å²) in [5, 5.41) is 0. The van der Waals surface area contributed by atoms with E-state index in [2.05, 4.69) is 9.97 Å². The van der Waals surface area contributed by atoms with Crippen LogP contribution in [0.1, 0.15) is 25.3 Å². The van der Waals surface area contributed by atoms with Gasteiger partial charge >= 0.3 is 0 Å². The fourth-order valence-electron chi connectivity index (χ4n) is 0.998. The Labute approximate surface area is 71.8 Å². The molecule has 1 rings (SSSR count). The number of anilines is 1. The van der Waals surface area contributed by atoms with Crippen LogP contribution in [0.15, 0.2) is 12.3 Å². The van der Waals surface area contributed by atoms with Gasteiger partial charge in [-0.25, -0.2) is 9.97 Å². The summed E-state index contributed by atoms with van der Waals surface area (Å²) in [5.74, 6) is 1.13. The molecule has 1 aromatic heterocycles. The smallest absolute Gasteiger partial charge is 0.159 e. The summed E-state index contributed by atoms with van der Waals surface area (Å²) < 4.78 is 5.16. The second-order valence-corrected chi connectivity index (χ2v) is 2.47. The average Bonchev–Trinajstić information content (AvgIpc) is 2.07. The lowest BCUT2D eigenvalue weighted by atomic mass is 10.2. The molecule has 1 atom stereocenters. The SMILES string of the molecule is CCC(OC)c1nccc(N)n1. The van der Waals surface area contributed by atoms with E-state index in [-0.39, 0.29) is 6.10 Å². The predicted molar refractivity (Wildman–Crippen MR) is 46.5 cm³/mol. The topological polar surface area (TPSA) is 61.0 Å². The van der Waals surface area contributed by atoms with E-state index in [0.717, 1.165) is 6.42 Å². The summed E-state index contributed by atoms with van der Waals surface area (Å²) in [6.07, 6.45) is 2.44. The standard InChI is InChI=1S/C8H13N3O/c1-3-6(12-2)8-10-5-4-7(9)11-8/h4-6H,3H2,1-2H3,(H2,9,10,11). The second kappa shape index (κ2) is 4.01. The second-order valence-electron chi connectivity index (χ2n) is 2.47. The van der Waals surface area contributed by atoms with Gasteiger partial charge in [-0.15, -0.1) is 0 Å². The maximum atomic E-state index is 5.50. The van der Waals surface area contributed by atoms with Crippen LogP contribution in [0.3, 0.4) is 0 Å². The van der Waals surface area contributed by atoms with Crippen molar-refractivity contribution < 1.29 is 4.74 Å². The van der Waals surface area contributed by atoms with Crippen LogP contribution in [0.25, 0.3) is 0 Å². The number of nitrogen functional groups attached to an aromatic ring is 1. The zero-order valence-corrected chi connectivity index (χ0v) is 7.32. The molecule has 0 spiro atoms. The molecular formula is C8H13N3O. The molecule has 0 amide bonds. The van der Waals surface area contributed by atoms with E-state index in [0.29, 0.717) is 11.6 Å². The largest absolute Gasteiger partial charge is 0.384 e. The molecule has 12 heavy (non-hydrogen) atoms. The van der Waals surface area contributed by atoms with Crippen LogP contribution < -0.4 is 5.73 Å². The monoisotopic (exact) mass is 167 g/mol. The van der Waals surface area contributed by atoms with E-state index < -0.39 is 0 Å². The van der Waals surface area contributed by atoms with Gasteiger partial charge in [-0.1, -0.05) is 6.92 Å². The highest BCUT2D eigenvalue weighted by Gasteiger charge is 2.10. The van der Waals surface area contributed by atoms with Crippen LogP contribution in [-0.4, -0.2) is 17.1 Å². The van der Waals surface area contributed by atoms with Crippen molar-refractivity contribution >= 4 is 5.82 Å². The number of methoxy groups -OCH3 is 1. The highest BCUT2D eigenvalue weighted by molar-refractivity contribution is 5.25. The number of rotatable bonds is 3. The minimum Gasteiger partial charge on any atom is -0.384 e. The molecule has 0 saturated carbocycles. The van der Waals surface area contributed by atoms with Gasteiger partial charge in [0.2, 0.25) is 0 Å². The maximum absolute atomic E-state index is 5.50. The number of aromatic nitrogens is 2. The Hall–Kier alpha value is -1.16. The molecule has 2 N–H and O–H groups in total. The van der Waals surface area contributed by atoms with Crippen LogP contribution in [0.5, 0.6) is 0 Å². The Balaban J connectivity index is 2.85. The molecule has 66 valence electrons. The molecule has 0 aliphatic heterocycles. The molecule has 0 radical (unpaired) electrons. The van der Waals surface area contributed by atoms with Gasteiger partial charge in [0.15, 0.2) is 5.82 Å². The van der Waals surface area contributed by atoms with Crippen LogP contribution in [0.2, 0.25) is 0 Å². The van der Waals surface area contributed by atoms with Crippen molar-refractivity contribution in [2.75, 3.05) is 12.8 Å². The third-order valence-corrected chi connectivity index (χ3v) is 1.64. The van der Waals surface area contributed by atoms with Gasteiger partial charge in [0.25, 0.3) is 0 Å². The number of nitrogens with two attached hydrogens (primary N) is 1. The van der Waals surface area contributed by atoms with E-state index >= 15 is 0 Å². The zero-order chi connectivity index (χ0) is 8.97. The average molecular weight is 167 g/mol. The molecule has 0 bridgehead atoms. The van der Waals surface area contributed by atoms with E-state index in [9.17, 15) is 0 Å². The number of hydrogen-bond acceptors (Lipinski definition) is 4. The summed E-state index contributed by atoms with van der Waals surface area (Å²) >= 11 is 0. The first-order valence-corrected chi connectivity index (χ1v) is 3.89. The Morgan fingerprint density at radius 3 is 2.92 bits per heavy atom. The zero-order valence-electron chi connectivity index (χ0n) is 7.32. The van der Waals surface area contributed by atoms with Crippen LogP contribution in [0, 0.1) is 0 Å². The lowest BCUT2D eigenvalue weighted by Crippen LogP contribution is -2.06. The third kappa shape index (κ3) is 1.92. The molecule has 0 saturated heterocycles. The lowest BCUT2D eigenvalue weighted by Gasteiger charge is -2.10. The van der Waals surface area contributed by atoms with Crippen LogP contribution in [-0.2, 0) is 4.74 Å². The van der Waals surface area contributed by atoms with E-state index in [1.807, 2.05) is 6.92 Å². The van der Waals surface area contributed by atoms with Gasteiger partial charge in [0.1, 0.15) is 11.9 Å². The van der Waals surface area contributed by atoms with Gasteiger partial charge in [0.05, 0.1) is 0 Å². The number of ether oxygens (including phenoxy) is 1. The molecule has 1 unspecified atom stereocenters. The van der Waals surface area contributed by atoms with Gasteiger partial charge in [-0.2, -0.15) is 0 Å². The van der Waals surface area contributed by atoms with Crippen LogP contribution >= 0.6 is 0 Å². The quantitative estimate of drug-likeness (QED) is 0.733. The van der Waals surface area contributed by atoms with Gasteiger partial charge in [0, 0.05) is 13.3 Å². The fourth-order valence-corrected chi connectivity index (χ4v) is 0.998. The summed E-state index contributed by atoms with van der Waals surface area (Å²) in [6.45, 7) is 2.01. The van der Waals surface area contributed by atoms with E-state index in [1.165, 1.54) is 0 Å². The van der Waals surface area contributed by atoms with E-state index in [1.54, 1.807) is 19.4 Å². The molecule has 4 heteroatoms. The summed E-state index contributed by atoms with van der Waals surface area (Å²) in [7, 11) is 1.64. The third-order valence-electron chi connectivity index (χ3n) is 1.64. The highest BCUT2D eigenvalue weighted by atomic mass is 16.5. The Kier molecular flexibility index (Phi) is 2.99. The fraction of sp³-hybridized carbons (Fsp3) is 0.500. The molecule has 0 aromatic carbocycles. The van der Waals surface area contributed by atoms with Gasteiger partial charge in [-0.05, 0) is 12.5 Å². The van der Waals surface area contributed by atoms with Crippen molar-refractivity contribution in [1.29, 1.82) is 0 Å². The van der Waals surface area contributed by atoms with Gasteiger partial charge < -0.3 is 10.5 Å². The Morgan fingerprint density at radius 2 is 2.42 bits per heavy atom.